The first kappa shape index (κ1) is 14.5. The van der Waals surface area contributed by atoms with Crippen molar-refractivity contribution in [3.8, 4) is 0 Å². The molecule has 1 aliphatic rings. The molecule has 3 heteroatoms. The summed E-state index contributed by atoms with van der Waals surface area (Å²) in [6, 6.07) is 0. The van der Waals surface area contributed by atoms with E-state index in [0.29, 0.717) is 18.8 Å². The van der Waals surface area contributed by atoms with E-state index in [2.05, 4.69) is 6.92 Å². The molecular formula is C14H26O3. The summed E-state index contributed by atoms with van der Waals surface area (Å²) in [7, 11) is 0. The summed E-state index contributed by atoms with van der Waals surface area (Å²) >= 11 is 0. The Morgan fingerprint density at radius 2 is 2.00 bits per heavy atom. The molecule has 2 N–H and O–H groups in total. The van der Waals surface area contributed by atoms with E-state index >= 15 is 0 Å². The smallest absolute Gasteiger partial charge is 0.309 e. The predicted octanol–water partition coefficient (Wildman–Crippen LogP) is 3.06. The molecule has 3 atom stereocenters. The Morgan fingerprint density at radius 3 is 2.47 bits per heavy atom. The van der Waals surface area contributed by atoms with Crippen LogP contribution in [-0.4, -0.2) is 21.8 Å². The van der Waals surface area contributed by atoms with Crippen molar-refractivity contribution in [3.63, 3.8) is 0 Å². The fourth-order valence-electron chi connectivity index (χ4n) is 3.27. The molecule has 0 spiro atoms. The van der Waals surface area contributed by atoms with Crippen molar-refractivity contribution >= 4 is 5.97 Å². The van der Waals surface area contributed by atoms with Crippen LogP contribution < -0.4 is 0 Å². The maximum absolute atomic E-state index is 11.3. The van der Waals surface area contributed by atoms with Gasteiger partial charge in [0.2, 0.25) is 0 Å². The van der Waals surface area contributed by atoms with E-state index in [-0.39, 0.29) is 5.92 Å². The molecule has 0 aliphatic heterocycles. The van der Waals surface area contributed by atoms with Crippen LogP contribution in [0.3, 0.4) is 0 Å². The van der Waals surface area contributed by atoms with Crippen LogP contribution in [-0.2, 0) is 4.79 Å². The van der Waals surface area contributed by atoms with Gasteiger partial charge in [-0.15, -0.1) is 0 Å². The zero-order valence-corrected chi connectivity index (χ0v) is 11.3. The zero-order valence-electron chi connectivity index (χ0n) is 11.3. The van der Waals surface area contributed by atoms with Gasteiger partial charge >= 0.3 is 5.97 Å². The molecular weight excluding hydrogens is 216 g/mol. The quantitative estimate of drug-likeness (QED) is 0.745. The number of carbonyl (C=O) groups is 1. The summed E-state index contributed by atoms with van der Waals surface area (Å²) in [6.45, 7) is 5.95. The molecule has 0 aromatic heterocycles. The SMILES string of the molecule is CCC1CCCC(O)(C(C(=O)O)C(C)C)CC1. The van der Waals surface area contributed by atoms with Crippen LogP contribution in [0.1, 0.15) is 59.3 Å². The summed E-state index contributed by atoms with van der Waals surface area (Å²) in [6.07, 6.45) is 5.45. The fourth-order valence-corrected chi connectivity index (χ4v) is 3.27. The molecule has 0 heterocycles. The third kappa shape index (κ3) is 3.44. The fraction of sp³-hybridized carbons (Fsp3) is 0.929. The van der Waals surface area contributed by atoms with Crippen molar-refractivity contribution in [3.05, 3.63) is 0 Å². The van der Waals surface area contributed by atoms with Crippen LogP contribution in [0.4, 0.5) is 0 Å². The summed E-state index contributed by atoms with van der Waals surface area (Å²) in [5.41, 5.74) is -0.996. The number of hydrogen-bond acceptors (Lipinski definition) is 2. The van der Waals surface area contributed by atoms with Crippen molar-refractivity contribution in [2.75, 3.05) is 0 Å². The first-order chi connectivity index (χ1) is 7.90. The second kappa shape index (κ2) is 5.85. The van der Waals surface area contributed by atoms with Crippen molar-refractivity contribution in [1.29, 1.82) is 0 Å². The number of aliphatic carboxylic acids is 1. The molecule has 1 rings (SSSR count). The van der Waals surface area contributed by atoms with Gasteiger partial charge in [-0.1, -0.05) is 40.0 Å². The average molecular weight is 242 g/mol. The minimum absolute atomic E-state index is 0.0179. The van der Waals surface area contributed by atoms with Gasteiger partial charge < -0.3 is 10.2 Å². The van der Waals surface area contributed by atoms with Gasteiger partial charge in [-0.2, -0.15) is 0 Å². The van der Waals surface area contributed by atoms with Crippen molar-refractivity contribution < 1.29 is 15.0 Å². The van der Waals surface area contributed by atoms with E-state index in [4.69, 9.17) is 0 Å². The molecule has 0 amide bonds. The van der Waals surface area contributed by atoms with E-state index in [9.17, 15) is 15.0 Å². The number of carboxylic acids is 1. The summed E-state index contributed by atoms with van der Waals surface area (Å²) < 4.78 is 0. The highest BCUT2D eigenvalue weighted by Gasteiger charge is 2.43. The highest BCUT2D eigenvalue weighted by Crippen LogP contribution is 2.39. The Bertz CT molecular complexity index is 262. The molecule has 0 aromatic rings. The van der Waals surface area contributed by atoms with Gasteiger partial charge in [-0.3, -0.25) is 4.79 Å². The summed E-state index contributed by atoms with van der Waals surface area (Å²) in [4.78, 5) is 11.3. The third-order valence-electron chi connectivity index (χ3n) is 4.30. The molecule has 100 valence electrons. The van der Waals surface area contributed by atoms with Crippen molar-refractivity contribution in [2.24, 2.45) is 17.8 Å². The topological polar surface area (TPSA) is 57.5 Å². The number of aliphatic hydroxyl groups is 1. The van der Waals surface area contributed by atoms with E-state index in [1.807, 2.05) is 13.8 Å². The van der Waals surface area contributed by atoms with E-state index in [0.717, 1.165) is 25.7 Å². The van der Waals surface area contributed by atoms with Gasteiger partial charge in [0.05, 0.1) is 11.5 Å². The molecule has 1 saturated carbocycles. The maximum atomic E-state index is 11.3. The second-order valence-corrected chi connectivity index (χ2v) is 5.87. The lowest BCUT2D eigenvalue weighted by Crippen LogP contribution is -2.45. The van der Waals surface area contributed by atoms with Crippen LogP contribution in [0.2, 0.25) is 0 Å². The lowest BCUT2D eigenvalue weighted by molar-refractivity contribution is -0.157. The Morgan fingerprint density at radius 1 is 1.35 bits per heavy atom. The van der Waals surface area contributed by atoms with Gasteiger partial charge in [-0.05, 0) is 31.1 Å². The first-order valence-corrected chi connectivity index (χ1v) is 6.86. The highest BCUT2D eigenvalue weighted by molar-refractivity contribution is 5.71. The highest BCUT2D eigenvalue weighted by atomic mass is 16.4. The number of hydrogen-bond donors (Lipinski definition) is 2. The molecule has 0 radical (unpaired) electrons. The molecule has 17 heavy (non-hydrogen) atoms. The summed E-state index contributed by atoms with van der Waals surface area (Å²) in [5.74, 6) is -0.836. The van der Waals surface area contributed by atoms with E-state index in [1.54, 1.807) is 0 Å². The van der Waals surface area contributed by atoms with Crippen molar-refractivity contribution in [1.82, 2.24) is 0 Å². The molecule has 0 saturated heterocycles. The molecule has 0 bridgehead atoms. The van der Waals surface area contributed by atoms with Crippen LogP contribution in [0, 0.1) is 17.8 Å². The minimum atomic E-state index is -0.996. The molecule has 3 unspecified atom stereocenters. The Balaban J connectivity index is 2.81. The average Bonchev–Trinajstić information content (AvgIpc) is 2.39. The van der Waals surface area contributed by atoms with Gasteiger partial charge in [-0.25, -0.2) is 0 Å². The Kier molecular flexibility index (Phi) is 4.99. The maximum Gasteiger partial charge on any atom is 0.309 e. The van der Waals surface area contributed by atoms with Gasteiger partial charge in [0, 0.05) is 0 Å². The van der Waals surface area contributed by atoms with Gasteiger partial charge in [0.1, 0.15) is 0 Å². The molecule has 0 aromatic carbocycles. The lowest BCUT2D eigenvalue weighted by atomic mass is 9.75. The van der Waals surface area contributed by atoms with Crippen LogP contribution in [0.25, 0.3) is 0 Å². The Labute approximate surface area is 104 Å². The van der Waals surface area contributed by atoms with Crippen molar-refractivity contribution in [2.45, 2.75) is 64.9 Å². The standard InChI is InChI=1S/C14H26O3/c1-4-11-6-5-8-14(17,9-7-11)12(10(2)3)13(15)16/h10-12,17H,4-9H2,1-3H3,(H,15,16). The van der Waals surface area contributed by atoms with Gasteiger partial charge in [0.15, 0.2) is 0 Å². The second-order valence-electron chi connectivity index (χ2n) is 5.87. The third-order valence-corrected chi connectivity index (χ3v) is 4.30. The number of carboxylic acid groups (broad SMARTS) is 1. The van der Waals surface area contributed by atoms with Gasteiger partial charge in [0.25, 0.3) is 0 Å². The molecule has 3 nitrogen and oxygen atoms in total. The molecule has 1 aliphatic carbocycles. The number of rotatable bonds is 4. The summed E-state index contributed by atoms with van der Waals surface area (Å²) in [5, 5.41) is 20.0. The largest absolute Gasteiger partial charge is 0.481 e. The van der Waals surface area contributed by atoms with E-state index < -0.39 is 17.5 Å². The minimum Gasteiger partial charge on any atom is -0.481 e. The van der Waals surface area contributed by atoms with Crippen LogP contribution in [0.5, 0.6) is 0 Å². The van der Waals surface area contributed by atoms with Crippen LogP contribution >= 0.6 is 0 Å². The van der Waals surface area contributed by atoms with E-state index in [1.165, 1.54) is 0 Å². The normalized spacial score (nSPS) is 32.2. The zero-order chi connectivity index (χ0) is 13.1. The lowest BCUT2D eigenvalue weighted by Gasteiger charge is -2.35. The monoisotopic (exact) mass is 242 g/mol. The Hall–Kier alpha value is -0.570. The first-order valence-electron chi connectivity index (χ1n) is 6.86. The molecule has 1 fully saturated rings. The predicted molar refractivity (Wildman–Crippen MR) is 67.8 cm³/mol. The van der Waals surface area contributed by atoms with Crippen LogP contribution in [0.15, 0.2) is 0 Å².